The van der Waals surface area contributed by atoms with Crippen LogP contribution in [-0.4, -0.2) is 65.7 Å². The second-order valence-corrected chi connectivity index (χ2v) is 12.2. The van der Waals surface area contributed by atoms with Gasteiger partial charge in [-0.15, -0.1) is 0 Å². The van der Waals surface area contributed by atoms with E-state index >= 15 is 0 Å². The third-order valence-corrected chi connectivity index (χ3v) is 7.70. The molecule has 1 heterocycles. The average molecular weight is 560 g/mol. The fourth-order valence-corrected chi connectivity index (χ4v) is 5.27. The summed E-state index contributed by atoms with van der Waals surface area (Å²) in [6.45, 7) is 4.05. The highest BCUT2D eigenvalue weighted by Crippen LogP contribution is 2.43. The highest BCUT2D eigenvalue weighted by atomic mass is 35.5. The Morgan fingerprint density at radius 2 is 1.97 bits per heavy atom. The lowest BCUT2D eigenvalue weighted by molar-refractivity contribution is -0.126. The number of nitrogens with one attached hydrogen (secondary N) is 3. The molecule has 1 aromatic rings. The van der Waals surface area contributed by atoms with Gasteiger partial charge in [-0.1, -0.05) is 37.6 Å². The number of carbonyl (C=O) groups excluding carboxylic acids is 3. The van der Waals surface area contributed by atoms with Crippen LogP contribution in [0.25, 0.3) is 0 Å². The third kappa shape index (κ3) is 8.56. The first kappa shape index (κ1) is 29.2. The number of amides is 3. The standard InChI is InChI=1S/C24H34ClN3O8S/c1-14(2)10-18(28-23(32)36-24(7-8-24)13-15-4-3-5-17(25)11-15)21(30)27-19(22(31)37(33,34)35)12-16-6-9-26-20(16)29/h3-5,11,14,16,18-19,22,31H,6-10,12-13H2,1-2H3,(H,26,29)(H,27,30)(H,28,32)(H,33,34,35)/t16?,18?,19-,22?/m0/s1. The molecule has 0 aromatic heterocycles. The summed E-state index contributed by atoms with van der Waals surface area (Å²) in [6.07, 6.45) is 1.34. The van der Waals surface area contributed by atoms with Crippen LogP contribution in [0.15, 0.2) is 24.3 Å². The van der Waals surface area contributed by atoms with Crippen LogP contribution in [0.4, 0.5) is 4.79 Å². The minimum absolute atomic E-state index is 0.0389. The summed E-state index contributed by atoms with van der Waals surface area (Å²) in [4.78, 5) is 37.9. The van der Waals surface area contributed by atoms with Crippen LogP contribution >= 0.6 is 11.6 Å². The zero-order valence-corrected chi connectivity index (χ0v) is 22.3. The summed E-state index contributed by atoms with van der Waals surface area (Å²) in [6, 6.07) is 4.66. The van der Waals surface area contributed by atoms with Crippen LogP contribution in [0.5, 0.6) is 0 Å². The lowest BCUT2D eigenvalue weighted by Gasteiger charge is -2.28. The Balaban J connectivity index is 1.68. The molecule has 206 valence electrons. The van der Waals surface area contributed by atoms with Gasteiger partial charge in [-0.2, -0.15) is 8.42 Å². The zero-order chi connectivity index (χ0) is 27.4. The van der Waals surface area contributed by atoms with E-state index in [0.29, 0.717) is 37.3 Å². The topological polar surface area (TPSA) is 171 Å². The van der Waals surface area contributed by atoms with Crippen LogP contribution < -0.4 is 16.0 Å². The van der Waals surface area contributed by atoms with E-state index in [9.17, 15) is 32.5 Å². The summed E-state index contributed by atoms with van der Waals surface area (Å²) in [5.41, 5.74) is -2.14. The van der Waals surface area contributed by atoms with E-state index in [4.69, 9.17) is 16.3 Å². The Morgan fingerprint density at radius 1 is 1.27 bits per heavy atom. The minimum Gasteiger partial charge on any atom is -0.443 e. The second-order valence-electron chi connectivity index (χ2n) is 10.2. The van der Waals surface area contributed by atoms with E-state index in [-0.39, 0.29) is 24.7 Å². The summed E-state index contributed by atoms with van der Waals surface area (Å²) in [5, 5.41) is 18.3. The van der Waals surface area contributed by atoms with Crippen molar-refractivity contribution in [3.05, 3.63) is 34.9 Å². The summed E-state index contributed by atoms with van der Waals surface area (Å²) in [5.74, 6) is -1.79. The maximum absolute atomic E-state index is 13.1. The van der Waals surface area contributed by atoms with Crippen LogP contribution in [0.2, 0.25) is 5.02 Å². The first-order valence-electron chi connectivity index (χ1n) is 12.2. The number of benzene rings is 1. The van der Waals surface area contributed by atoms with E-state index in [1.807, 2.05) is 26.0 Å². The van der Waals surface area contributed by atoms with Crippen molar-refractivity contribution in [2.24, 2.45) is 11.8 Å². The van der Waals surface area contributed by atoms with Gasteiger partial charge in [-0.3, -0.25) is 14.1 Å². The van der Waals surface area contributed by atoms with Gasteiger partial charge < -0.3 is 25.8 Å². The molecule has 3 rings (SSSR count). The molecule has 1 aromatic carbocycles. The Kier molecular flexibility index (Phi) is 9.43. The molecule has 5 N–H and O–H groups in total. The normalized spacial score (nSPS) is 21.0. The van der Waals surface area contributed by atoms with Crippen molar-refractivity contribution < 1.29 is 37.2 Å². The van der Waals surface area contributed by atoms with E-state index < -0.39 is 51.2 Å². The lowest BCUT2D eigenvalue weighted by atomic mass is 9.97. The lowest BCUT2D eigenvalue weighted by Crippen LogP contribution is -2.55. The summed E-state index contributed by atoms with van der Waals surface area (Å²) < 4.78 is 38.3. The van der Waals surface area contributed by atoms with Crippen LogP contribution in [-0.2, 0) is 30.9 Å². The van der Waals surface area contributed by atoms with Crippen molar-refractivity contribution in [1.29, 1.82) is 0 Å². The average Bonchev–Trinajstić information content (AvgIpc) is 3.41. The minimum atomic E-state index is -4.94. The molecule has 13 heteroatoms. The van der Waals surface area contributed by atoms with E-state index in [1.54, 1.807) is 12.1 Å². The predicted molar refractivity (Wildman–Crippen MR) is 135 cm³/mol. The molecule has 0 bridgehead atoms. The van der Waals surface area contributed by atoms with Crippen LogP contribution in [0.3, 0.4) is 0 Å². The molecule has 0 spiro atoms. The summed E-state index contributed by atoms with van der Waals surface area (Å²) >= 11 is 6.05. The Labute approximate surface area is 221 Å². The van der Waals surface area contributed by atoms with Gasteiger partial charge in [0.05, 0.1) is 6.04 Å². The number of hydrogen-bond acceptors (Lipinski definition) is 7. The molecule has 3 unspecified atom stereocenters. The maximum Gasteiger partial charge on any atom is 0.408 e. The molecule has 1 saturated carbocycles. The maximum atomic E-state index is 13.1. The molecular formula is C24H34ClN3O8S. The second kappa shape index (κ2) is 12.0. The van der Waals surface area contributed by atoms with Crippen molar-refractivity contribution in [3.8, 4) is 0 Å². The van der Waals surface area contributed by atoms with Crippen molar-refractivity contribution in [2.75, 3.05) is 6.54 Å². The first-order chi connectivity index (χ1) is 17.3. The Bertz CT molecular complexity index is 1110. The van der Waals surface area contributed by atoms with Gasteiger partial charge in [-0.05, 0) is 55.7 Å². The number of aliphatic hydroxyl groups is 1. The Hall–Kier alpha value is -2.41. The smallest absolute Gasteiger partial charge is 0.408 e. The van der Waals surface area contributed by atoms with Gasteiger partial charge in [0.2, 0.25) is 17.3 Å². The molecule has 2 fully saturated rings. The number of carbonyl (C=O) groups is 3. The first-order valence-corrected chi connectivity index (χ1v) is 14.1. The molecule has 4 atom stereocenters. The SMILES string of the molecule is CC(C)CC(NC(=O)OC1(Cc2cccc(Cl)c2)CC1)C(=O)N[C@@H](CC1CCNC1=O)C(O)S(=O)(=O)O. The van der Waals surface area contributed by atoms with Crippen molar-refractivity contribution in [2.45, 2.75) is 75.5 Å². The number of alkyl carbamates (subject to hydrolysis) is 1. The van der Waals surface area contributed by atoms with Gasteiger partial charge in [0.15, 0.2) is 0 Å². The fraction of sp³-hybridized carbons (Fsp3) is 0.625. The van der Waals surface area contributed by atoms with Crippen molar-refractivity contribution >= 4 is 39.6 Å². The molecule has 37 heavy (non-hydrogen) atoms. The van der Waals surface area contributed by atoms with Crippen molar-refractivity contribution in [1.82, 2.24) is 16.0 Å². The predicted octanol–water partition coefficient (Wildman–Crippen LogP) is 1.77. The number of rotatable bonds is 12. The Morgan fingerprint density at radius 3 is 2.51 bits per heavy atom. The van der Waals surface area contributed by atoms with E-state index in [2.05, 4.69) is 16.0 Å². The van der Waals surface area contributed by atoms with Crippen molar-refractivity contribution in [3.63, 3.8) is 0 Å². The molecule has 0 radical (unpaired) electrons. The molecule has 3 amide bonds. The fourth-order valence-electron chi connectivity index (χ4n) is 4.46. The van der Waals surface area contributed by atoms with E-state index in [1.165, 1.54) is 0 Å². The monoisotopic (exact) mass is 559 g/mol. The van der Waals surface area contributed by atoms with Gasteiger partial charge in [0.25, 0.3) is 10.1 Å². The molecule has 11 nitrogen and oxygen atoms in total. The quantitative estimate of drug-likeness (QED) is 0.241. The van der Waals surface area contributed by atoms with Gasteiger partial charge >= 0.3 is 6.09 Å². The van der Waals surface area contributed by atoms with Gasteiger partial charge in [0, 0.05) is 23.9 Å². The number of hydrogen-bond donors (Lipinski definition) is 5. The number of halogens is 1. The largest absolute Gasteiger partial charge is 0.443 e. The number of aliphatic hydroxyl groups excluding tert-OH is 1. The molecule has 1 saturated heterocycles. The van der Waals surface area contributed by atoms with Gasteiger partial charge in [0.1, 0.15) is 11.6 Å². The van der Waals surface area contributed by atoms with Gasteiger partial charge in [-0.25, -0.2) is 4.79 Å². The zero-order valence-electron chi connectivity index (χ0n) is 20.8. The number of ether oxygens (including phenoxy) is 1. The highest BCUT2D eigenvalue weighted by Gasteiger charge is 2.47. The molecular weight excluding hydrogens is 526 g/mol. The molecule has 1 aliphatic heterocycles. The van der Waals surface area contributed by atoms with Crippen LogP contribution in [0.1, 0.15) is 51.5 Å². The van der Waals surface area contributed by atoms with Crippen LogP contribution in [0, 0.1) is 11.8 Å². The summed E-state index contributed by atoms with van der Waals surface area (Å²) in [7, 11) is -4.94. The molecule has 1 aliphatic carbocycles. The van der Waals surface area contributed by atoms with E-state index in [0.717, 1.165) is 5.56 Å². The third-order valence-electron chi connectivity index (χ3n) is 6.53. The highest BCUT2D eigenvalue weighted by molar-refractivity contribution is 7.86. The molecule has 2 aliphatic rings.